The fourth-order valence-corrected chi connectivity index (χ4v) is 0. The third kappa shape index (κ3) is 447. The summed E-state index contributed by atoms with van der Waals surface area (Å²) in [4.78, 5) is 0. The van der Waals surface area contributed by atoms with Gasteiger partial charge in [0, 0.05) is 0 Å². The van der Waals surface area contributed by atoms with E-state index in [-0.39, 0.29) is 0 Å². The van der Waals surface area contributed by atoms with E-state index < -0.39 is 0 Å². The molecule has 0 aromatic carbocycles. The molecular formula is C14H34. The van der Waals surface area contributed by atoms with Crippen LogP contribution in [0.25, 0.3) is 0 Å². The summed E-state index contributed by atoms with van der Waals surface area (Å²) in [6.07, 6.45) is 2.56. The molecule has 0 spiro atoms. The molecule has 0 rings (SSSR count). The molecule has 0 aliphatic carbocycles. The highest BCUT2D eigenvalue weighted by Crippen LogP contribution is 1.93. The molecule has 0 fully saturated rings. The molecule has 14 heavy (non-hydrogen) atoms. The van der Waals surface area contributed by atoms with Gasteiger partial charge in [0.1, 0.15) is 0 Å². The van der Waals surface area contributed by atoms with Gasteiger partial charge in [0.2, 0.25) is 0 Å². The molecule has 0 aliphatic heterocycles. The molecule has 0 aromatic rings. The number of allylic oxidation sites excluding steroid dienone is 1. The van der Waals surface area contributed by atoms with Gasteiger partial charge >= 0.3 is 0 Å². The van der Waals surface area contributed by atoms with Gasteiger partial charge in [0.05, 0.1) is 0 Å². The van der Waals surface area contributed by atoms with Crippen LogP contribution < -0.4 is 0 Å². The molecule has 0 heterocycles. The molecule has 0 saturated carbocycles. The second-order valence-corrected chi connectivity index (χ2v) is 3.72. The first-order chi connectivity index (χ1) is 6.42. The monoisotopic (exact) mass is 202 g/mol. The first kappa shape index (κ1) is 23.5. The molecule has 0 heteroatoms. The van der Waals surface area contributed by atoms with Gasteiger partial charge in [-0.1, -0.05) is 66.9 Å². The summed E-state index contributed by atoms with van der Waals surface area (Å²) in [6.45, 7) is 22.4. The van der Waals surface area contributed by atoms with Crippen molar-refractivity contribution in [3.8, 4) is 0 Å². The van der Waals surface area contributed by atoms with E-state index in [1.807, 2.05) is 27.7 Å². The standard InChI is InChI=1S/C5H12.C4H8.C3H8.C2H6/c1-4-5(2)3;1-4(2)3;1-3-2;1-2/h5H,4H2,1-3H3;1H2,2-3H3;3H2,1-2H3;1-2H3. The van der Waals surface area contributed by atoms with Crippen LogP contribution in [0.5, 0.6) is 0 Å². The largest absolute Gasteiger partial charge is 0.100 e. The molecule has 0 nitrogen and oxygen atoms in total. The van der Waals surface area contributed by atoms with E-state index in [4.69, 9.17) is 0 Å². The van der Waals surface area contributed by atoms with Crippen molar-refractivity contribution in [2.45, 2.75) is 75.2 Å². The lowest BCUT2D eigenvalue weighted by Gasteiger charge is -1.90. The van der Waals surface area contributed by atoms with Crippen molar-refractivity contribution in [3.05, 3.63) is 12.2 Å². The Hall–Kier alpha value is -0.260. The van der Waals surface area contributed by atoms with Crippen molar-refractivity contribution in [1.82, 2.24) is 0 Å². The Bertz CT molecular complexity index is 66.1. The first-order valence-electron chi connectivity index (χ1n) is 6.04. The summed E-state index contributed by atoms with van der Waals surface area (Å²) >= 11 is 0. The maximum Gasteiger partial charge on any atom is -0.0445 e. The van der Waals surface area contributed by atoms with E-state index in [0.717, 1.165) is 5.92 Å². The van der Waals surface area contributed by atoms with E-state index in [1.54, 1.807) is 0 Å². The molecule has 0 N–H and O–H groups in total. The molecule has 0 saturated heterocycles. The zero-order valence-electron chi connectivity index (χ0n) is 12.2. The van der Waals surface area contributed by atoms with Gasteiger partial charge in [-0.2, -0.15) is 0 Å². The third-order valence-electron chi connectivity index (χ3n) is 0.816. The van der Waals surface area contributed by atoms with Crippen molar-refractivity contribution in [2.75, 3.05) is 0 Å². The molecule has 0 aliphatic rings. The number of hydrogen-bond donors (Lipinski definition) is 0. The molecule has 0 bridgehead atoms. The van der Waals surface area contributed by atoms with Crippen LogP contribution in [0.3, 0.4) is 0 Å². The maximum absolute atomic E-state index is 3.56. The van der Waals surface area contributed by atoms with Crippen LogP contribution >= 0.6 is 0 Å². The van der Waals surface area contributed by atoms with E-state index in [9.17, 15) is 0 Å². The van der Waals surface area contributed by atoms with Gasteiger partial charge in [-0.3, -0.25) is 0 Å². The van der Waals surface area contributed by atoms with E-state index in [1.165, 1.54) is 18.4 Å². The maximum atomic E-state index is 3.56. The highest BCUT2D eigenvalue weighted by molar-refractivity contribution is 4.78. The van der Waals surface area contributed by atoms with Crippen molar-refractivity contribution < 1.29 is 0 Å². The van der Waals surface area contributed by atoms with Crippen LogP contribution in [-0.4, -0.2) is 0 Å². The Kier molecular flexibility index (Phi) is 49.2. The van der Waals surface area contributed by atoms with Crippen molar-refractivity contribution in [3.63, 3.8) is 0 Å². The Morgan fingerprint density at radius 2 is 1.07 bits per heavy atom. The molecular weight excluding hydrogens is 168 g/mol. The van der Waals surface area contributed by atoms with E-state index in [2.05, 4.69) is 41.2 Å². The van der Waals surface area contributed by atoms with Crippen molar-refractivity contribution in [2.24, 2.45) is 5.92 Å². The number of hydrogen-bond acceptors (Lipinski definition) is 0. The zero-order valence-corrected chi connectivity index (χ0v) is 12.2. The lowest BCUT2D eigenvalue weighted by atomic mass is 10.2. The molecule has 90 valence electrons. The van der Waals surface area contributed by atoms with Crippen LogP contribution in [0.4, 0.5) is 0 Å². The van der Waals surface area contributed by atoms with Crippen molar-refractivity contribution in [1.29, 1.82) is 0 Å². The fraction of sp³-hybridized carbons (Fsp3) is 0.857. The molecule has 0 amide bonds. The summed E-state index contributed by atoms with van der Waals surface area (Å²) in [5, 5.41) is 0. The van der Waals surface area contributed by atoms with Crippen LogP contribution in [0.2, 0.25) is 0 Å². The quantitative estimate of drug-likeness (QED) is 0.452. The van der Waals surface area contributed by atoms with Crippen LogP contribution in [-0.2, 0) is 0 Å². The Morgan fingerprint density at radius 1 is 1.00 bits per heavy atom. The van der Waals surface area contributed by atoms with E-state index in [0.29, 0.717) is 0 Å². The summed E-state index contributed by atoms with van der Waals surface area (Å²) in [5.74, 6) is 0.884. The molecule has 0 unspecified atom stereocenters. The fourth-order valence-electron chi connectivity index (χ4n) is 0. The van der Waals surface area contributed by atoms with Gasteiger partial charge in [0.25, 0.3) is 0 Å². The summed E-state index contributed by atoms with van der Waals surface area (Å²) in [7, 11) is 0. The molecule has 0 atom stereocenters. The molecule has 0 radical (unpaired) electrons. The van der Waals surface area contributed by atoms with Crippen LogP contribution in [0, 0.1) is 5.92 Å². The highest BCUT2D eigenvalue weighted by Gasteiger charge is 1.80. The SMILES string of the molecule is C=C(C)C.CC.CCC.CCC(C)C. The van der Waals surface area contributed by atoms with Crippen LogP contribution in [0.1, 0.15) is 75.2 Å². The average molecular weight is 202 g/mol. The first-order valence-corrected chi connectivity index (χ1v) is 6.04. The normalized spacial score (nSPS) is 7.00. The van der Waals surface area contributed by atoms with Gasteiger partial charge < -0.3 is 0 Å². The lowest BCUT2D eigenvalue weighted by Crippen LogP contribution is -1.77. The molecule has 0 aromatic heterocycles. The minimum absolute atomic E-state index is 0.884. The lowest BCUT2D eigenvalue weighted by molar-refractivity contribution is 0.626. The van der Waals surface area contributed by atoms with Crippen LogP contribution in [0.15, 0.2) is 12.2 Å². The smallest absolute Gasteiger partial charge is 0.0445 e. The highest BCUT2D eigenvalue weighted by atomic mass is 13.9. The summed E-state index contributed by atoms with van der Waals surface area (Å²) in [6, 6.07) is 0. The summed E-state index contributed by atoms with van der Waals surface area (Å²) in [5.41, 5.74) is 1.17. The third-order valence-corrected chi connectivity index (χ3v) is 0.816. The second-order valence-electron chi connectivity index (χ2n) is 3.72. The van der Waals surface area contributed by atoms with Gasteiger partial charge in [-0.05, 0) is 19.8 Å². The van der Waals surface area contributed by atoms with E-state index >= 15 is 0 Å². The number of rotatable bonds is 1. The Balaban J connectivity index is -0.0000000505. The minimum Gasteiger partial charge on any atom is -0.100 e. The minimum atomic E-state index is 0.884. The van der Waals surface area contributed by atoms with Crippen molar-refractivity contribution >= 4 is 0 Å². The predicted molar refractivity (Wildman–Crippen MR) is 72.9 cm³/mol. The Morgan fingerprint density at radius 3 is 1.07 bits per heavy atom. The second kappa shape index (κ2) is 29.3. The summed E-state index contributed by atoms with van der Waals surface area (Å²) < 4.78 is 0. The van der Waals surface area contributed by atoms with Gasteiger partial charge in [-0.25, -0.2) is 0 Å². The topological polar surface area (TPSA) is 0 Å². The Labute approximate surface area is 93.8 Å². The van der Waals surface area contributed by atoms with Gasteiger partial charge in [-0.15, -0.1) is 6.58 Å². The van der Waals surface area contributed by atoms with Gasteiger partial charge in [0.15, 0.2) is 0 Å². The zero-order chi connectivity index (χ0) is 12.6. The average Bonchev–Trinajstić information content (AvgIpc) is 2.08. The predicted octanol–water partition coefficient (Wildman–Crippen LogP) is 6.08.